The van der Waals surface area contributed by atoms with Crippen molar-refractivity contribution in [2.45, 2.75) is 0 Å². The summed E-state index contributed by atoms with van der Waals surface area (Å²) in [5.41, 5.74) is 5.50. The molecule has 2 aromatic carbocycles. The van der Waals surface area contributed by atoms with Gasteiger partial charge in [0.1, 0.15) is 5.75 Å². The lowest BCUT2D eigenvalue weighted by molar-refractivity contribution is 0.0956. The van der Waals surface area contributed by atoms with E-state index in [1.807, 2.05) is 42.5 Å². The lowest BCUT2D eigenvalue weighted by Gasteiger charge is -2.10. The van der Waals surface area contributed by atoms with E-state index in [9.17, 15) is 9.90 Å². The monoisotopic (exact) mass is 356 g/mol. The number of H-pyrrole nitrogens is 1. The number of rotatable bonds is 4. The minimum absolute atomic E-state index is 0.108. The Bertz CT molecular complexity index is 1130. The molecule has 6 nitrogen and oxygen atoms in total. The number of benzene rings is 2. The van der Waals surface area contributed by atoms with Gasteiger partial charge in [-0.2, -0.15) is 5.10 Å². The third-order valence-corrected chi connectivity index (χ3v) is 4.13. The molecular weight excluding hydrogens is 340 g/mol. The quantitative estimate of drug-likeness (QED) is 0.385. The number of phenolic OH excluding ortho intramolecular Hbond substituents is 1. The number of hydrogen-bond donors (Lipinski definition) is 3. The number of pyridine rings is 1. The molecule has 0 unspecified atom stereocenters. The molecule has 2 aromatic heterocycles. The van der Waals surface area contributed by atoms with Crippen molar-refractivity contribution in [3.8, 4) is 17.0 Å². The first kappa shape index (κ1) is 16.5. The largest absolute Gasteiger partial charge is 0.507 e. The van der Waals surface area contributed by atoms with Gasteiger partial charge in [0, 0.05) is 17.1 Å². The standard InChI is InChI=1S/C21H16N4O2/c26-20-10-4-2-8-16(20)19-12-17(15-7-1-3-9-18(15)24-19)21(27)25-23-13-14-6-5-11-22-14/h1-13,22,26H,(H,25,27)/b23-13+. The van der Waals surface area contributed by atoms with Crippen LogP contribution in [0.1, 0.15) is 16.1 Å². The number of aromatic amines is 1. The Labute approximate surface area is 155 Å². The van der Waals surface area contributed by atoms with Crippen LogP contribution in [0.15, 0.2) is 78.0 Å². The summed E-state index contributed by atoms with van der Waals surface area (Å²) in [5, 5.41) is 14.8. The summed E-state index contributed by atoms with van der Waals surface area (Å²) in [6.45, 7) is 0. The number of aromatic nitrogens is 2. The van der Waals surface area contributed by atoms with Crippen molar-refractivity contribution in [1.29, 1.82) is 0 Å². The summed E-state index contributed by atoms with van der Waals surface area (Å²) >= 11 is 0. The molecule has 0 aliphatic carbocycles. The molecule has 132 valence electrons. The molecule has 1 amide bonds. The molecule has 0 atom stereocenters. The van der Waals surface area contributed by atoms with Gasteiger partial charge in [0.2, 0.25) is 0 Å². The first-order valence-electron chi connectivity index (χ1n) is 8.37. The Morgan fingerprint density at radius 1 is 1.07 bits per heavy atom. The maximum atomic E-state index is 12.7. The summed E-state index contributed by atoms with van der Waals surface area (Å²) < 4.78 is 0. The fraction of sp³-hybridized carbons (Fsp3) is 0. The van der Waals surface area contributed by atoms with E-state index in [4.69, 9.17) is 0 Å². The van der Waals surface area contributed by atoms with Crippen LogP contribution >= 0.6 is 0 Å². The minimum Gasteiger partial charge on any atom is -0.507 e. The summed E-state index contributed by atoms with van der Waals surface area (Å²) in [6, 6.07) is 19.6. The number of hydrogen-bond acceptors (Lipinski definition) is 4. The fourth-order valence-electron chi connectivity index (χ4n) is 2.84. The van der Waals surface area contributed by atoms with Gasteiger partial charge in [-0.1, -0.05) is 30.3 Å². The number of fused-ring (bicyclic) bond motifs is 1. The van der Waals surface area contributed by atoms with Gasteiger partial charge >= 0.3 is 0 Å². The van der Waals surface area contributed by atoms with Crippen molar-refractivity contribution in [1.82, 2.24) is 15.4 Å². The van der Waals surface area contributed by atoms with Crippen LogP contribution in [-0.2, 0) is 0 Å². The number of aromatic hydroxyl groups is 1. The summed E-state index contributed by atoms with van der Waals surface area (Å²) in [7, 11) is 0. The number of nitrogens with zero attached hydrogens (tertiary/aromatic N) is 2. The molecule has 27 heavy (non-hydrogen) atoms. The van der Waals surface area contributed by atoms with Crippen LogP contribution in [0.4, 0.5) is 0 Å². The van der Waals surface area contributed by atoms with Crippen molar-refractivity contribution >= 4 is 23.0 Å². The lowest BCUT2D eigenvalue weighted by Crippen LogP contribution is -2.18. The van der Waals surface area contributed by atoms with Gasteiger partial charge in [-0.3, -0.25) is 4.79 Å². The topological polar surface area (TPSA) is 90.4 Å². The first-order valence-corrected chi connectivity index (χ1v) is 8.37. The van der Waals surface area contributed by atoms with E-state index < -0.39 is 0 Å². The van der Waals surface area contributed by atoms with Crippen molar-refractivity contribution in [2.24, 2.45) is 5.10 Å². The number of carbonyl (C=O) groups is 1. The average Bonchev–Trinajstić information content (AvgIpc) is 3.21. The molecule has 4 rings (SSSR count). The number of para-hydroxylation sites is 2. The summed E-state index contributed by atoms with van der Waals surface area (Å²) in [5.74, 6) is -0.246. The van der Waals surface area contributed by atoms with Crippen LogP contribution in [0.25, 0.3) is 22.2 Å². The van der Waals surface area contributed by atoms with Crippen molar-refractivity contribution < 1.29 is 9.90 Å². The Hall–Kier alpha value is -3.93. The lowest BCUT2D eigenvalue weighted by atomic mass is 10.0. The third kappa shape index (κ3) is 3.41. The van der Waals surface area contributed by atoms with E-state index in [0.717, 1.165) is 5.69 Å². The predicted molar refractivity (Wildman–Crippen MR) is 105 cm³/mol. The van der Waals surface area contributed by atoms with E-state index in [1.165, 1.54) is 6.21 Å². The van der Waals surface area contributed by atoms with Crippen molar-refractivity contribution in [3.05, 3.63) is 84.2 Å². The zero-order valence-corrected chi connectivity index (χ0v) is 14.3. The van der Waals surface area contributed by atoms with Gasteiger partial charge in [0.15, 0.2) is 0 Å². The first-order chi connectivity index (χ1) is 13.2. The van der Waals surface area contributed by atoms with Gasteiger partial charge in [-0.15, -0.1) is 0 Å². The number of nitrogens with one attached hydrogen (secondary N) is 2. The van der Waals surface area contributed by atoms with Gasteiger partial charge in [-0.05, 0) is 36.4 Å². The Morgan fingerprint density at radius 2 is 1.89 bits per heavy atom. The molecule has 0 bridgehead atoms. The molecule has 0 spiro atoms. The fourth-order valence-corrected chi connectivity index (χ4v) is 2.84. The molecular formula is C21H16N4O2. The van der Waals surface area contributed by atoms with E-state index in [-0.39, 0.29) is 11.7 Å². The number of amides is 1. The molecule has 0 fully saturated rings. The molecule has 2 heterocycles. The van der Waals surface area contributed by atoms with E-state index in [1.54, 1.807) is 30.5 Å². The molecule has 0 radical (unpaired) electrons. The van der Waals surface area contributed by atoms with Gasteiger partial charge < -0.3 is 10.1 Å². The zero-order chi connectivity index (χ0) is 18.6. The Kier molecular flexibility index (Phi) is 4.37. The van der Waals surface area contributed by atoms with E-state index >= 15 is 0 Å². The number of phenols is 1. The molecule has 0 saturated heterocycles. The van der Waals surface area contributed by atoms with Gasteiger partial charge in [-0.25, -0.2) is 10.4 Å². The number of hydrazone groups is 1. The van der Waals surface area contributed by atoms with Crippen LogP contribution in [-0.4, -0.2) is 27.2 Å². The van der Waals surface area contributed by atoms with Crippen LogP contribution in [0, 0.1) is 0 Å². The Morgan fingerprint density at radius 3 is 2.70 bits per heavy atom. The third-order valence-electron chi connectivity index (χ3n) is 4.13. The maximum Gasteiger partial charge on any atom is 0.272 e. The zero-order valence-electron chi connectivity index (χ0n) is 14.3. The van der Waals surface area contributed by atoms with Crippen LogP contribution in [0.3, 0.4) is 0 Å². The van der Waals surface area contributed by atoms with Gasteiger partial charge in [0.25, 0.3) is 5.91 Å². The summed E-state index contributed by atoms with van der Waals surface area (Å²) in [6.07, 6.45) is 3.31. The van der Waals surface area contributed by atoms with Crippen LogP contribution in [0.5, 0.6) is 5.75 Å². The number of carbonyl (C=O) groups excluding carboxylic acids is 1. The minimum atomic E-state index is -0.354. The molecule has 0 aliphatic rings. The summed E-state index contributed by atoms with van der Waals surface area (Å²) in [4.78, 5) is 20.3. The maximum absolute atomic E-state index is 12.7. The van der Waals surface area contributed by atoms with E-state index in [0.29, 0.717) is 27.7 Å². The van der Waals surface area contributed by atoms with Gasteiger partial charge in [0.05, 0.1) is 28.7 Å². The second-order valence-electron chi connectivity index (χ2n) is 5.91. The SMILES string of the molecule is O=C(N/N=C/c1ccc[nH]1)c1cc(-c2ccccc2O)nc2ccccc12. The van der Waals surface area contributed by atoms with Crippen LogP contribution in [0.2, 0.25) is 0 Å². The smallest absolute Gasteiger partial charge is 0.272 e. The predicted octanol–water partition coefficient (Wildman–Crippen LogP) is 3.70. The molecule has 3 N–H and O–H groups in total. The van der Waals surface area contributed by atoms with Crippen molar-refractivity contribution in [3.63, 3.8) is 0 Å². The van der Waals surface area contributed by atoms with Crippen LogP contribution < -0.4 is 5.43 Å². The second-order valence-corrected chi connectivity index (χ2v) is 5.91. The molecule has 6 heteroatoms. The second kappa shape index (κ2) is 7.13. The Balaban J connectivity index is 1.74. The molecule has 0 saturated carbocycles. The highest BCUT2D eigenvalue weighted by Gasteiger charge is 2.15. The van der Waals surface area contributed by atoms with E-state index in [2.05, 4.69) is 20.5 Å². The highest BCUT2D eigenvalue weighted by molar-refractivity contribution is 6.07. The molecule has 4 aromatic rings. The highest BCUT2D eigenvalue weighted by Crippen LogP contribution is 2.30. The highest BCUT2D eigenvalue weighted by atomic mass is 16.3. The molecule has 0 aliphatic heterocycles. The normalized spacial score (nSPS) is 11.1. The average molecular weight is 356 g/mol. The van der Waals surface area contributed by atoms with Crippen molar-refractivity contribution in [2.75, 3.05) is 0 Å².